The maximum Gasteiger partial charge on any atom is 0.384 e. The minimum Gasteiger partial charge on any atom is -0.388 e. The predicted octanol–water partition coefficient (Wildman–Crippen LogP) is 5.66. The first-order valence-electron chi connectivity index (χ1n) is 6.90. The van der Waals surface area contributed by atoms with Gasteiger partial charge in [0.25, 0.3) is 5.67 Å². The summed E-state index contributed by atoms with van der Waals surface area (Å²) in [5.74, 6) is -35.5. The number of rotatable bonds is 3. The van der Waals surface area contributed by atoms with Gasteiger partial charge in [-0.25, -0.2) is 4.39 Å². The van der Waals surface area contributed by atoms with E-state index >= 15 is 0 Å². The fourth-order valence-corrected chi connectivity index (χ4v) is 2.74. The van der Waals surface area contributed by atoms with Gasteiger partial charge in [-0.2, -0.15) is 43.9 Å². The molecular formula is C14H8ClF11O. The van der Waals surface area contributed by atoms with Gasteiger partial charge in [0.15, 0.2) is 0 Å². The molecule has 1 aliphatic carbocycles. The van der Waals surface area contributed by atoms with Crippen LogP contribution in [0.3, 0.4) is 0 Å². The number of alkyl halides is 11. The van der Waals surface area contributed by atoms with Crippen LogP contribution in [0.2, 0.25) is 5.02 Å². The van der Waals surface area contributed by atoms with Crippen molar-refractivity contribution in [1.29, 1.82) is 0 Å². The Labute approximate surface area is 148 Å². The van der Waals surface area contributed by atoms with Gasteiger partial charge in [-0.1, -0.05) is 23.7 Å². The fraction of sp³-hybridized carbons (Fsp3) is 0.571. The van der Waals surface area contributed by atoms with Crippen LogP contribution in [0.15, 0.2) is 24.3 Å². The Hall–Kier alpha value is -1.30. The van der Waals surface area contributed by atoms with Gasteiger partial charge in [-0.05, 0) is 17.7 Å². The molecule has 1 saturated carbocycles. The Morgan fingerprint density at radius 2 is 1.00 bits per heavy atom. The molecule has 1 aromatic carbocycles. The summed E-state index contributed by atoms with van der Waals surface area (Å²) in [7, 11) is 0. The fourth-order valence-electron chi connectivity index (χ4n) is 2.61. The molecule has 1 N–H and O–H groups in total. The molecule has 0 heterocycles. The molecule has 2 rings (SSSR count). The number of hydrogen-bond donors (Lipinski definition) is 1. The second kappa shape index (κ2) is 5.85. The lowest BCUT2D eigenvalue weighted by atomic mass is 9.69. The van der Waals surface area contributed by atoms with Gasteiger partial charge < -0.3 is 5.11 Å². The molecule has 0 aliphatic heterocycles. The molecule has 1 unspecified atom stereocenters. The summed E-state index contributed by atoms with van der Waals surface area (Å²) in [4.78, 5) is 0. The summed E-state index contributed by atoms with van der Waals surface area (Å²) in [6.45, 7) is 0. The van der Waals surface area contributed by atoms with Gasteiger partial charge in [-0.15, -0.1) is 0 Å². The molecule has 27 heavy (non-hydrogen) atoms. The monoisotopic (exact) mass is 436 g/mol. The molecule has 0 aromatic heterocycles. The van der Waals surface area contributed by atoms with Gasteiger partial charge in [-0.3, -0.25) is 0 Å². The zero-order valence-corrected chi connectivity index (χ0v) is 13.3. The molecule has 1 aliphatic rings. The van der Waals surface area contributed by atoms with Crippen molar-refractivity contribution in [2.24, 2.45) is 0 Å². The first kappa shape index (κ1) is 22.0. The number of hydrogen-bond acceptors (Lipinski definition) is 1. The van der Waals surface area contributed by atoms with Crippen molar-refractivity contribution in [2.75, 3.05) is 0 Å². The highest BCUT2D eigenvalue weighted by molar-refractivity contribution is 6.30. The lowest BCUT2D eigenvalue weighted by molar-refractivity contribution is -0.487. The number of benzene rings is 1. The zero-order chi connectivity index (χ0) is 21.3. The topological polar surface area (TPSA) is 20.2 Å². The average Bonchev–Trinajstić information content (AvgIpc) is 2.53. The molecule has 0 spiro atoms. The van der Waals surface area contributed by atoms with Crippen LogP contribution >= 0.6 is 11.6 Å². The Kier molecular flexibility index (Phi) is 4.77. The van der Waals surface area contributed by atoms with E-state index < -0.39 is 53.4 Å². The van der Waals surface area contributed by atoms with E-state index in [1.807, 2.05) is 0 Å². The zero-order valence-electron chi connectivity index (χ0n) is 12.6. The van der Waals surface area contributed by atoms with E-state index in [0.29, 0.717) is 0 Å². The van der Waals surface area contributed by atoms with Gasteiger partial charge in [0.05, 0.1) is 6.10 Å². The molecule has 0 bridgehead atoms. The van der Waals surface area contributed by atoms with Gasteiger partial charge >= 0.3 is 29.6 Å². The van der Waals surface area contributed by atoms with Crippen molar-refractivity contribution in [2.45, 2.75) is 47.8 Å². The first-order chi connectivity index (χ1) is 11.9. The minimum absolute atomic E-state index is 0.0213. The lowest BCUT2D eigenvalue weighted by Gasteiger charge is -2.52. The Morgan fingerprint density at radius 1 is 0.667 bits per heavy atom. The normalized spacial score (nSPS) is 27.7. The standard InChI is InChI=1S/C14H8ClF11O/c15-7-3-1-6(2-4-7)8(27)5-9(16)10(17,18)12(21,22)14(25,26)13(23,24)11(9,19)20/h1-4,8,27H,5H2. The van der Waals surface area contributed by atoms with Crippen LogP contribution in [0.4, 0.5) is 48.3 Å². The van der Waals surface area contributed by atoms with Crippen LogP contribution in [-0.4, -0.2) is 40.4 Å². The number of halogens is 12. The highest BCUT2D eigenvalue weighted by Gasteiger charge is 3.00. The second-order valence-electron chi connectivity index (χ2n) is 5.94. The van der Waals surface area contributed by atoms with E-state index in [4.69, 9.17) is 11.6 Å². The maximum absolute atomic E-state index is 14.5. The van der Waals surface area contributed by atoms with Crippen LogP contribution in [0.1, 0.15) is 18.1 Å². The van der Waals surface area contributed by atoms with Crippen molar-refractivity contribution < 1.29 is 53.4 Å². The van der Waals surface area contributed by atoms with Crippen LogP contribution in [-0.2, 0) is 0 Å². The van der Waals surface area contributed by atoms with E-state index in [2.05, 4.69) is 0 Å². The molecule has 154 valence electrons. The Morgan fingerprint density at radius 3 is 1.37 bits per heavy atom. The third-order valence-electron chi connectivity index (χ3n) is 4.30. The SMILES string of the molecule is OC(CC1(F)C(F)(F)C(F)(F)C(F)(F)C(F)(F)C1(F)F)c1ccc(Cl)cc1. The summed E-state index contributed by atoms with van der Waals surface area (Å²) in [6, 6.07) is 3.47. The largest absolute Gasteiger partial charge is 0.388 e. The van der Waals surface area contributed by atoms with E-state index in [1.54, 1.807) is 0 Å². The van der Waals surface area contributed by atoms with Crippen molar-refractivity contribution >= 4 is 11.6 Å². The molecule has 0 radical (unpaired) electrons. The smallest absolute Gasteiger partial charge is 0.384 e. The molecule has 1 fully saturated rings. The summed E-state index contributed by atoms with van der Waals surface area (Å²) in [6.07, 6.45) is -5.47. The van der Waals surface area contributed by atoms with Crippen molar-refractivity contribution in [3.05, 3.63) is 34.9 Å². The molecular weight excluding hydrogens is 429 g/mol. The average molecular weight is 437 g/mol. The maximum atomic E-state index is 14.5. The third kappa shape index (κ3) is 2.48. The molecule has 1 aromatic rings. The van der Waals surface area contributed by atoms with Crippen LogP contribution in [0, 0.1) is 0 Å². The van der Waals surface area contributed by atoms with E-state index in [0.717, 1.165) is 24.3 Å². The van der Waals surface area contributed by atoms with Gasteiger partial charge in [0.1, 0.15) is 0 Å². The third-order valence-corrected chi connectivity index (χ3v) is 4.55. The van der Waals surface area contributed by atoms with E-state index in [1.165, 1.54) is 0 Å². The quantitative estimate of drug-likeness (QED) is 0.606. The molecule has 1 nitrogen and oxygen atoms in total. The minimum atomic E-state index is -7.27. The molecule has 13 heteroatoms. The van der Waals surface area contributed by atoms with Gasteiger partial charge in [0.2, 0.25) is 0 Å². The van der Waals surface area contributed by atoms with E-state index in [9.17, 15) is 53.4 Å². The van der Waals surface area contributed by atoms with Crippen molar-refractivity contribution in [1.82, 2.24) is 0 Å². The second-order valence-corrected chi connectivity index (χ2v) is 6.38. The van der Waals surface area contributed by atoms with Crippen molar-refractivity contribution in [3.63, 3.8) is 0 Å². The van der Waals surface area contributed by atoms with Crippen LogP contribution in [0.25, 0.3) is 0 Å². The number of aliphatic hydroxyl groups excluding tert-OH is 1. The predicted molar refractivity (Wildman–Crippen MR) is 69.6 cm³/mol. The Bertz CT molecular complexity index is 686. The highest BCUT2D eigenvalue weighted by Crippen LogP contribution is 2.70. The van der Waals surface area contributed by atoms with Crippen LogP contribution < -0.4 is 0 Å². The molecule has 0 amide bonds. The summed E-state index contributed by atoms with van der Waals surface area (Å²) < 4.78 is 149. The van der Waals surface area contributed by atoms with Gasteiger partial charge in [0, 0.05) is 11.4 Å². The molecule has 1 atom stereocenters. The summed E-state index contributed by atoms with van der Waals surface area (Å²) in [5, 5.41) is 9.62. The van der Waals surface area contributed by atoms with E-state index in [-0.39, 0.29) is 5.02 Å². The Balaban J connectivity index is 2.62. The van der Waals surface area contributed by atoms with Crippen molar-refractivity contribution in [3.8, 4) is 0 Å². The summed E-state index contributed by atoms with van der Waals surface area (Å²) in [5.41, 5.74) is -6.85. The highest BCUT2D eigenvalue weighted by atomic mass is 35.5. The number of aliphatic hydroxyl groups is 1. The summed E-state index contributed by atoms with van der Waals surface area (Å²) >= 11 is 5.46. The van der Waals surface area contributed by atoms with Crippen LogP contribution in [0.5, 0.6) is 0 Å². The molecule has 0 saturated heterocycles. The lowest BCUT2D eigenvalue weighted by Crippen LogP contribution is -2.83. The first-order valence-corrected chi connectivity index (χ1v) is 7.28.